The molecule has 4 nitrogen and oxygen atoms in total. The lowest BCUT2D eigenvalue weighted by Crippen LogP contribution is -2.09. The highest BCUT2D eigenvalue weighted by Gasteiger charge is 2.11. The summed E-state index contributed by atoms with van der Waals surface area (Å²) in [6.07, 6.45) is 2.21. The zero-order chi connectivity index (χ0) is 22.1. The van der Waals surface area contributed by atoms with Gasteiger partial charge in [0.1, 0.15) is 11.5 Å². The number of carbonyl (C=O) groups is 1. The Labute approximate surface area is 195 Å². The molecule has 0 radical (unpaired) electrons. The zero-order valence-electron chi connectivity index (χ0n) is 17.1. The normalized spacial score (nSPS) is 11.2. The van der Waals surface area contributed by atoms with Gasteiger partial charge in [0.05, 0.1) is 6.61 Å². The fraction of sp³-hybridized carbons (Fsp3) is 0.160. The van der Waals surface area contributed by atoms with Gasteiger partial charge in [-0.25, -0.2) is 4.79 Å². The van der Waals surface area contributed by atoms with E-state index < -0.39 is 5.97 Å². The highest BCUT2D eigenvalue weighted by atomic mass is 79.9. The minimum atomic E-state index is -1.000. The number of thioether (sulfide) groups is 1. The fourth-order valence-corrected chi connectivity index (χ4v) is 4.51. The second-order valence-electron chi connectivity index (χ2n) is 6.50. The minimum absolute atomic E-state index is 0.360. The molecule has 160 valence electrons. The van der Waals surface area contributed by atoms with Crippen LogP contribution in [0.1, 0.15) is 18.1 Å². The monoisotopic (exact) mass is 498 g/mol. The maximum atomic E-state index is 10.7. The van der Waals surface area contributed by atoms with Crippen LogP contribution in [-0.4, -0.2) is 30.0 Å². The van der Waals surface area contributed by atoms with Gasteiger partial charge in [0, 0.05) is 20.7 Å². The van der Waals surface area contributed by atoms with Crippen molar-refractivity contribution < 1.29 is 19.4 Å². The molecule has 6 heteroatoms. The van der Waals surface area contributed by atoms with Crippen LogP contribution < -0.4 is 9.47 Å². The van der Waals surface area contributed by atoms with Crippen molar-refractivity contribution in [1.82, 2.24) is 0 Å². The molecule has 0 aromatic heterocycles. The third-order valence-corrected chi connectivity index (χ3v) is 6.27. The molecule has 0 spiro atoms. The van der Waals surface area contributed by atoms with Crippen LogP contribution in [0.3, 0.4) is 0 Å². The van der Waals surface area contributed by atoms with Gasteiger partial charge >= 0.3 is 5.97 Å². The Balaban J connectivity index is 1.82. The summed E-state index contributed by atoms with van der Waals surface area (Å²) in [4.78, 5) is 11.7. The molecule has 1 N–H and O–H groups in total. The van der Waals surface area contributed by atoms with E-state index in [1.165, 1.54) is 0 Å². The summed E-state index contributed by atoms with van der Waals surface area (Å²) < 4.78 is 12.0. The highest BCUT2D eigenvalue weighted by molar-refractivity contribution is 9.10. The second kappa shape index (κ2) is 11.6. The third-order valence-electron chi connectivity index (χ3n) is 4.35. The first kappa shape index (κ1) is 23.0. The Bertz CT molecular complexity index is 1050. The number of halogens is 1. The molecule has 0 unspecified atom stereocenters. The van der Waals surface area contributed by atoms with Gasteiger partial charge in [-0.05, 0) is 58.3 Å². The lowest BCUT2D eigenvalue weighted by molar-refractivity contribution is -0.139. The molecule has 0 saturated heterocycles. The van der Waals surface area contributed by atoms with Crippen LogP contribution in [0.5, 0.6) is 11.5 Å². The van der Waals surface area contributed by atoms with E-state index in [2.05, 4.69) is 40.2 Å². The molecule has 0 bridgehead atoms. The van der Waals surface area contributed by atoms with Crippen molar-refractivity contribution in [2.24, 2.45) is 0 Å². The number of para-hydroxylation sites is 1. The van der Waals surface area contributed by atoms with Crippen LogP contribution in [0.15, 0.2) is 88.2 Å². The molecule has 0 fully saturated rings. The number of carboxylic acid groups (broad SMARTS) is 1. The molecular weight excluding hydrogens is 476 g/mol. The standard InChI is InChI=1S/C25H23BrO4S/c1-2-29-23-11-7-6-10-21(23)20(18-8-4-3-5-9-18)14-15-31-24-13-12-19(16-22(24)26)30-17-25(27)28/h3-14,16H,2,15,17H2,1H3,(H,27,28)/b20-14-. The molecule has 3 rings (SSSR count). The van der Waals surface area contributed by atoms with Crippen LogP contribution in [-0.2, 0) is 4.79 Å². The fourth-order valence-electron chi connectivity index (χ4n) is 3.02. The zero-order valence-corrected chi connectivity index (χ0v) is 19.5. The highest BCUT2D eigenvalue weighted by Crippen LogP contribution is 2.34. The van der Waals surface area contributed by atoms with Crippen molar-refractivity contribution in [3.05, 3.63) is 94.5 Å². The first-order valence-corrected chi connectivity index (χ1v) is 11.6. The Morgan fingerprint density at radius 1 is 1.03 bits per heavy atom. The van der Waals surface area contributed by atoms with Crippen LogP contribution >= 0.6 is 27.7 Å². The van der Waals surface area contributed by atoms with E-state index in [-0.39, 0.29) is 6.61 Å². The molecule has 0 aliphatic carbocycles. The van der Waals surface area contributed by atoms with Crippen molar-refractivity contribution in [3.8, 4) is 11.5 Å². The van der Waals surface area contributed by atoms with E-state index in [4.69, 9.17) is 14.6 Å². The molecule has 0 saturated carbocycles. The summed E-state index contributed by atoms with van der Waals surface area (Å²) in [5.74, 6) is 1.13. The Kier molecular flexibility index (Phi) is 8.62. The SMILES string of the molecule is CCOc1ccccc1/C(=C\CSc1ccc(OCC(=O)O)cc1Br)c1ccccc1. The van der Waals surface area contributed by atoms with E-state index in [1.807, 2.05) is 49.4 Å². The molecule has 3 aromatic rings. The molecular formula is C25H23BrO4S. The van der Waals surface area contributed by atoms with Gasteiger partial charge in [0.15, 0.2) is 6.61 Å². The second-order valence-corrected chi connectivity index (χ2v) is 8.41. The first-order valence-electron chi connectivity index (χ1n) is 9.83. The predicted octanol–water partition coefficient (Wildman–Crippen LogP) is 6.54. The molecule has 0 aliphatic rings. The first-order chi connectivity index (χ1) is 15.1. The number of rotatable bonds is 10. The molecule has 0 heterocycles. The maximum Gasteiger partial charge on any atom is 0.341 e. The lowest BCUT2D eigenvalue weighted by atomic mass is 9.97. The average molecular weight is 499 g/mol. The van der Waals surface area contributed by atoms with Gasteiger partial charge in [0.2, 0.25) is 0 Å². The summed E-state index contributed by atoms with van der Waals surface area (Å²) in [6, 6.07) is 23.9. The molecule has 0 amide bonds. The van der Waals surface area contributed by atoms with Crippen LogP contribution in [0, 0.1) is 0 Å². The Hall–Kier alpha value is -2.70. The summed E-state index contributed by atoms with van der Waals surface area (Å²) >= 11 is 5.24. The van der Waals surface area contributed by atoms with Crippen molar-refractivity contribution in [2.75, 3.05) is 19.0 Å². The molecule has 31 heavy (non-hydrogen) atoms. The van der Waals surface area contributed by atoms with Crippen LogP contribution in [0.2, 0.25) is 0 Å². The number of carboxylic acids is 1. The summed E-state index contributed by atoms with van der Waals surface area (Å²) in [5, 5.41) is 8.75. The van der Waals surface area contributed by atoms with Gasteiger partial charge in [-0.2, -0.15) is 0 Å². The summed E-state index contributed by atoms with van der Waals surface area (Å²) in [7, 11) is 0. The van der Waals surface area contributed by atoms with Crippen LogP contribution in [0.4, 0.5) is 0 Å². The molecule has 0 atom stereocenters. The Morgan fingerprint density at radius 3 is 2.48 bits per heavy atom. The Morgan fingerprint density at radius 2 is 1.77 bits per heavy atom. The summed E-state index contributed by atoms with van der Waals surface area (Å²) in [6.45, 7) is 2.23. The number of ether oxygens (including phenoxy) is 2. The van der Waals surface area contributed by atoms with Crippen molar-refractivity contribution in [3.63, 3.8) is 0 Å². The molecule has 3 aromatic carbocycles. The van der Waals surface area contributed by atoms with Gasteiger partial charge in [-0.15, -0.1) is 11.8 Å². The topological polar surface area (TPSA) is 55.8 Å². The summed E-state index contributed by atoms with van der Waals surface area (Å²) in [5.41, 5.74) is 3.31. The van der Waals surface area contributed by atoms with E-state index in [9.17, 15) is 4.79 Å². The largest absolute Gasteiger partial charge is 0.493 e. The number of benzene rings is 3. The van der Waals surface area contributed by atoms with Gasteiger partial charge in [-0.3, -0.25) is 0 Å². The third kappa shape index (κ3) is 6.64. The average Bonchev–Trinajstić information content (AvgIpc) is 2.78. The number of aliphatic carboxylic acids is 1. The van der Waals surface area contributed by atoms with E-state index in [0.29, 0.717) is 12.4 Å². The van der Waals surface area contributed by atoms with Crippen molar-refractivity contribution in [2.45, 2.75) is 11.8 Å². The van der Waals surface area contributed by atoms with E-state index in [1.54, 1.807) is 23.9 Å². The van der Waals surface area contributed by atoms with Gasteiger partial charge in [0.25, 0.3) is 0 Å². The van der Waals surface area contributed by atoms with E-state index >= 15 is 0 Å². The van der Waals surface area contributed by atoms with Gasteiger partial charge in [-0.1, -0.05) is 54.6 Å². The maximum absolute atomic E-state index is 10.7. The van der Waals surface area contributed by atoms with Crippen molar-refractivity contribution in [1.29, 1.82) is 0 Å². The predicted molar refractivity (Wildman–Crippen MR) is 129 cm³/mol. The quantitative estimate of drug-likeness (QED) is 0.321. The molecule has 0 aliphatic heterocycles. The number of hydrogen-bond donors (Lipinski definition) is 1. The van der Waals surface area contributed by atoms with Crippen molar-refractivity contribution >= 4 is 39.2 Å². The lowest BCUT2D eigenvalue weighted by Gasteiger charge is -2.14. The van der Waals surface area contributed by atoms with Gasteiger partial charge < -0.3 is 14.6 Å². The minimum Gasteiger partial charge on any atom is -0.493 e. The number of hydrogen-bond acceptors (Lipinski definition) is 4. The smallest absolute Gasteiger partial charge is 0.341 e. The van der Waals surface area contributed by atoms with Crippen LogP contribution in [0.25, 0.3) is 5.57 Å². The van der Waals surface area contributed by atoms with E-state index in [0.717, 1.165) is 37.6 Å².